The minimum absolute atomic E-state index is 0.0156. The first-order valence-corrected chi connectivity index (χ1v) is 7.83. The maximum Gasteiger partial charge on any atom is 0.356 e. The number of phenolic OH excluding ortho intramolecular Hbond substituents is 1. The molecule has 0 spiro atoms. The average molecular weight is 351 g/mol. The third-order valence-corrected chi connectivity index (χ3v) is 3.79. The monoisotopic (exact) mass is 351 g/mol. The van der Waals surface area contributed by atoms with Gasteiger partial charge in [-0.25, -0.2) is 9.48 Å². The predicted molar refractivity (Wildman–Crippen MR) is 97.8 cm³/mol. The van der Waals surface area contributed by atoms with Gasteiger partial charge in [-0.1, -0.05) is 24.3 Å². The minimum Gasteiger partial charge on any atom is -0.506 e. The highest BCUT2D eigenvalue weighted by atomic mass is 16.5. The summed E-state index contributed by atoms with van der Waals surface area (Å²) in [6.45, 7) is 1.90. The highest BCUT2D eigenvalue weighted by Gasteiger charge is 2.20. The van der Waals surface area contributed by atoms with Crippen LogP contribution in [0.3, 0.4) is 0 Å². The van der Waals surface area contributed by atoms with Gasteiger partial charge in [0.15, 0.2) is 5.69 Å². The van der Waals surface area contributed by atoms with E-state index in [2.05, 4.69) is 10.1 Å². The van der Waals surface area contributed by atoms with E-state index in [9.17, 15) is 14.7 Å². The van der Waals surface area contributed by atoms with Crippen molar-refractivity contribution >= 4 is 17.9 Å². The van der Waals surface area contributed by atoms with Crippen LogP contribution in [0.2, 0.25) is 0 Å². The summed E-state index contributed by atoms with van der Waals surface area (Å²) < 4.78 is 6.00. The lowest BCUT2D eigenvalue weighted by molar-refractivity contribution is 0.0593. The van der Waals surface area contributed by atoms with Crippen LogP contribution in [0, 0.1) is 6.92 Å². The Morgan fingerprint density at radius 3 is 2.69 bits per heavy atom. The molecule has 26 heavy (non-hydrogen) atoms. The first-order chi connectivity index (χ1) is 12.5. The molecule has 3 aromatic rings. The van der Waals surface area contributed by atoms with Crippen LogP contribution < -0.4 is 5.56 Å². The average Bonchev–Trinajstić information content (AvgIpc) is 2.97. The molecule has 0 fully saturated rings. The molecule has 0 unspecified atom stereocenters. The summed E-state index contributed by atoms with van der Waals surface area (Å²) in [4.78, 5) is 29.0. The zero-order valence-electron chi connectivity index (χ0n) is 14.3. The summed E-state index contributed by atoms with van der Waals surface area (Å²) in [5, 5.41) is 12.6. The molecule has 2 aromatic carbocycles. The van der Waals surface area contributed by atoms with Gasteiger partial charge in [-0.3, -0.25) is 14.9 Å². The molecule has 0 saturated heterocycles. The molecule has 0 aliphatic carbocycles. The summed E-state index contributed by atoms with van der Waals surface area (Å²) in [5.41, 5.74) is 1.41. The summed E-state index contributed by atoms with van der Waals surface area (Å²) in [7, 11) is 1.23. The molecular weight excluding hydrogens is 334 g/mol. The van der Waals surface area contributed by atoms with Gasteiger partial charge >= 0.3 is 5.97 Å². The van der Waals surface area contributed by atoms with Gasteiger partial charge in [0.05, 0.1) is 18.4 Å². The molecule has 132 valence electrons. The largest absolute Gasteiger partial charge is 0.506 e. The number of carbonyl (C=O) groups excluding carboxylic acids is 1. The van der Waals surface area contributed by atoms with Crippen LogP contribution in [0.25, 0.3) is 5.69 Å². The molecule has 7 heteroatoms. The standard InChI is InChI=1S/C19H17N3O4/c1-12-6-5-7-13(10-12)22-18(24)14(17(21-22)19(25)26-2)11-20-15-8-3-4-9-16(15)23/h3-11,21,23H,1-2H3. The molecule has 1 heterocycles. The molecule has 0 atom stereocenters. The van der Waals surface area contributed by atoms with Crippen LogP contribution in [0.15, 0.2) is 58.3 Å². The van der Waals surface area contributed by atoms with Crippen molar-refractivity contribution in [2.45, 2.75) is 6.92 Å². The molecule has 0 radical (unpaired) electrons. The van der Waals surface area contributed by atoms with Crippen molar-refractivity contribution in [3.63, 3.8) is 0 Å². The number of nitrogens with zero attached hydrogens (tertiary/aromatic N) is 2. The fraction of sp³-hybridized carbons (Fsp3) is 0.105. The van der Waals surface area contributed by atoms with E-state index in [4.69, 9.17) is 4.74 Å². The zero-order chi connectivity index (χ0) is 18.7. The number of phenols is 1. The summed E-state index contributed by atoms with van der Waals surface area (Å²) >= 11 is 0. The van der Waals surface area contributed by atoms with E-state index in [0.29, 0.717) is 5.69 Å². The van der Waals surface area contributed by atoms with Crippen LogP contribution in [-0.4, -0.2) is 34.2 Å². The highest BCUT2D eigenvalue weighted by Crippen LogP contribution is 2.24. The van der Waals surface area contributed by atoms with E-state index in [1.807, 2.05) is 25.1 Å². The summed E-state index contributed by atoms with van der Waals surface area (Å²) in [6, 6.07) is 13.7. The fourth-order valence-corrected chi connectivity index (χ4v) is 2.48. The number of aromatic hydroxyl groups is 1. The molecule has 0 aliphatic rings. The Bertz CT molecular complexity index is 1050. The van der Waals surface area contributed by atoms with Gasteiger partial charge in [0.1, 0.15) is 11.4 Å². The molecule has 7 nitrogen and oxygen atoms in total. The van der Waals surface area contributed by atoms with Crippen molar-refractivity contribution in [3.05, 3.63) is 75.7 Å². The Labute approximate surface area is 149 Å². The van der Waals surface area contributed by atoms with Crippen LogP contribution in [0.1, 0.15) is 21.6 Å². The predicted octanol–water partition coefficient (Wildman–Crippen LogP) is 2.72. The van der Waals surface area contributed by atoms with Crippen molar-refractivity contribution in [1.29, 1.82) is 0 Å². The van der Waals surface area contributed by atoms with Crippen molar-refractivity contribution in [1.82, 2.24) is 9.78 Å². The van der Waals surface area contributed by atoms with E-state index in [0.717, 1.165) is 5.56 Å². The third-order valence-electron chi connectivity index (χ3n) is 3.79. The molecule has 1 aromatic heterocycles. The fourth-order valence-electron chi connectivity index (χ4n) is 2.48. The van der Waals surface area contributed by atoms with Crippen molar-refractivity contribution in [2.75, 3.05) is 7.11 Å². The van der Waals surface area contributed by atoms with Gasteiger partial charge < -0.3 is 9.84 Å². The maximum absolute atomic E-state index is 12.8. The first kappa shape index (κ1) is 17.2. The Morgan fingerprint density at radius 2 is 2.00 bits per heavy atom. The molecule has 0 bridgehead atoms. The van der Waals surface area contributed by atoms with Gasteiger partial charge in [0.25, 0.3) is 5.56 Å². The first-order valence-electron chi connectivity index (χ1n) is 7.83. The lowest BCUT2D eigenvalue weighted by Crippen LogP contribution is -2.17. The SMILES string of the molecule is COC(=O)c1[nH]n(-c2cccc(C)c2)c(=O)c1C=Nc1ccccc1O. The minimum atomic E-state index is -0.688. The van der Waals surface area contributed by atoms with Gasteiger partial charge in [-0.2, -0.15) is 0 Å². The highest BCUT2D eigenvalue weighted by molar-refractivity contribution is 5.98. The number of aryl methyl sites for hydroxylation is 1. The summed E-state index contributed by atoms with van der Waals surface area (Å²) in [6.07, 6.45) is 1.24. The number of aliphatic imine (C=N–C) groups is 1. The quantitative estimate of drug-likeness (QED) is 0.558. The number of ether oxygens (including phenoxy) is 1. The molecule has 2 N–H and O–H groups in total. The van der Waals surface area contributed by atoms with Gasteiger partial charge in [0, 0.05) is 6.21 Å². The second kappa shape index (κ2) is 7.10. The number of nitrogens with one attached hydrogen (secondary N) is 1. The lowest BCUT2D eigenvalue weighted by Gasteiger charge is -2.02. The van der Waals surface area contributed by atoms with Crippen LogP contribution >= 0.6 is 0 Å². The maximum atomic E-state index is 12.8. The number of aromatic nitrogens is 2. The van der Waals surface area contributed by atoms with Crippen molar-refractivity contribution in [2.24, 2.45) is 4.99 Å². The van der Waals surface area contributed by atoms with Crippen LogP contribution in [0.5, 0.6) is 5.75 Å². The normalized spacial score (nSPS) is 11.0. The molecule has 0 aliphatic heterocycles. The lowest BCUT2D eigenvalue weighted by atomic mass is 10.2. The Balaban J connectivity index is 2.13. The second-order valence-corrected chi connectivity index (χ2v) is 5.62. The number of H-pyrrole nitrogens is 1. The molecular formula is C19H17N3O4. The van der Waals surface area contributed by atoms with E-state index in [1.54, 1.807) is 24.3 Å². The number of esters is 1. The van der Waals surface area contributed by atoms with Crippen molar-refractivity contribution < 1.29 is 14.6 Å². The van der Waals surface area contributed by atoms with E-state index in [-0.39, 0.29) is 22.7 Å². The Kier molecular flexibility index (Phi) is 4.70. The molecule has 3 rings (SSSR count). The number of aromatic amines is 1. The second-order valence-electron chi connectivity index (χ2n) is 5.62. The number of rotatable bonds is 4. The molecule has 0 saturated carbocycles. The zero-order valence-corrected chi connectivity index (χ0v) is 14.3. The Hall–Kier alpha value is -3.61. The topological polar surface area (TPSA) is 96.7 Å². The van der Waals surface area contributed by atoms with Crippen molar-refractivity contribution in [3.8, 4) is 11.4 Å². The Morgan fingerprint density at radius 1 is 1.23 bits per heavy atom. The number of hydrogen-bond donors (Lipinski definition) is 2. The van der Waals surface area contributed by atoms with E-state index < -0.39 is 11.5 Å². The number of para-hydroxylation sites is 2. The summed E-state index contributed by atoms with van der Waals surface area (Å²) in [5.74, 6) is -0.717. The van der Waals surface area contributed by atoms with Gasteiger partial charge in [0.2, 0.25) is 0 Å². The number of carbonyl (C=O) groups is 1. The third kappa shape index (κ3) is 3.27. The van der Waals surface area contributed by atoms with Gasteiger partial charge in [-0.05, 0) is 36.8 Å². The number of hydrogen-bond acceptors (Lipinski definition) is 5. The van der Waals surface area contributed by atoms with Crippen LogP contribution in [-0.2, 0) is 4.74 Å². The molecule has 0 amide bonds. The van der Waals surface area contributed by atoms with Gasteiger partial charge in [-0.15, -0.1) is 0 Å². The van der Waals surface area contributed by atoms with E-state index >= 15 is 0 Å². The van der Waals surface area contributed by atoms with E-state index in [1.165, 1.54) is 24.1 Å². The van der Waals surface area contributed by atoms with Crippen LogP contribution in [0.4, 0.5) is 5.69 Å². The number of methoxy groups -OCH3 is 1. The smallest absolute Gasteiger partial charge is 0.356 e. The number of benzene rings is 2.